The van der Waals surface area contributed by atoms with E-state index in [1.54, 1.807) is 0 Å². The third-order valence-corrected chi connectivity index (χ3v) is 2.34. The highest BCUT2D eigenvalue weighted by Gasteiger charge is 2.34. The molecule has 1 rings (SSSR count). The van der Waals surface area contributed by atoms with E-state index in [0.717, 1.165) is 19.9 Å². The number of carbonyl (C=O) groups excluding carboxylic acids is 2. The van der Waals surface area contributed by atoms with Crippen molar-refractivity contribution >= 4 is 11.8 Å². The van der Waals surface area contributed by atoms with Crippen molar-refractivity contribution in [1.82, 2.24) is 0 Å². The van der Waals surface area contributed by atoms with Crippen molar-refractivity contribution in [2.24, 2.45) is 0 Å². The molecule has 0 aliphatic heterocycles. The van der Waals surface area contributed by atoms with Crippen molar-refractivity contribution in [3.8, 4) is 0 Å². The van der Waals surface area contributed by atoms with E-state index in [2.05, 4.69) is 0 Å². The van der Waals surface area contributed by atoms with Gasteiger partial charge in [0.2, 0.25) is 0 Å². The Kier molecular flexibility index (Phi) is 3.26. The van der Waals surface area contributed by atoms with Crippen LogP contribution in [0, 0.1) is 6.92 Å². The number of carbonyl (C=O) groups is 2. The van der Waals surface area contributed by atoms with E-state index in [9.17, 15) is 27.9 Å². The maximum atomic E-state index is 12.6. The first-order valence-corrected chi connectivity index (χ1v) is 4.58. The van der Waals surface area contributed by atoms with Gasteiger partial charge in [0, 0.05) is 11.1 Å². The summed E-state index contributed by atoms with van der Waals surface area (Å²) in [6.45, 7) is 2.09. The van der Waals surface area contributed by atoms with Gasteiger partial charge in [-0.2, -0.15) is 13.2 Å². The van der Waals surface area contributed by atoms with Crippen molar-refractivity contribution < 1.29 is 27.9 Å². The second-order valence-corrected chi connectivity index (χ2v) is 3.54. The molecule has 0 heterocycles. The van der Waals surface area contributed by atoms with Crippen molar-refractivity contribution in [1.29, 1.82) is 0 Å². The first kappa shape index (κ1) is 13.2. The number of aromatic carboxylic acids is 1. The van der Waals surface area contributed by atoms with Crippen LogP contribution in [0.3, 0.4) is 0 Å². The molecule has 0 spiro atoms. The zero-order valence-electron chi connectivity index (χ0n) is 9.01. The van der Waals surface area contributed by atoms with Gasteiger partial charge >= 0.3 is 6.18 Å². The third kappa shape index (κ3) is 2.64. The van der Waals surface area contributed by atoms with Crippen LogP contribution in [-0.4, -0.2) is 11.8 Å². The summed E-state index contributed by atoms with van der Waals surface area (Å²) in [5, 5.41) is 10.7. The summed E-state index contributed by atoms with van der Waals surface area (Å²) in [4.78, 5) is 21.7. The zero-order valence-corrected chi connectivity index (χ0v) is 9.01. The number of benzene rings is 1. The first-order chi connectivity index (χ1) is 7.64. The van der Waals surface area contributed by atoms with Crippen LogP contribution < -0.4 is 5.11 Å². The highest BCUT2D eigenvalue weighted by Crippen LogP contribution is 2.34. The first-order valence-electron chi connectivity index (χ1n) is 4.58. The van der Waals surface area contributed by atoms with Crippen molar-refractivity contribution in [3.05, 3.63) is 34.4 Å². The summed E-state index contributed by atoms with van der Waals surface area (Å²) in [5.74, 6) is -2.38. The Labute approximate surface area is 94.9 Å². The summed E-state index contributed by atoms with van der Waals surface area (Å²) in [5.41, 5.74) is -2.51. The lowest BCUT2D eigenvalue weighted by molar-refractivity contribution is -0.255. The van der Waals surface area contributed by atoms with Gasteiger partial charge in [-0.1, -0.05) is 0 Å². The molecule has 0 aromatic heterocycles. The van der Waals surface area contributed by atoms with Gasteiger partial charge in [-0.3, -0.25) is 4.79 Å². The van der Waals surface area contributed by atoms with Crippen LogP contribution in [0.4, 0.5) is 13.2 Å². The van der Waals surface area contributed by atoms with Gasteiger partial charge in [-0.25, -0.2) is 0 Å². The second kappa shape index (κ2) is 4.20. The minimum absolute atomic E-state index is 0.304. The lowest BCUT2D eigenvalue weighted by Gasteiger charge is -2.16. The van der Waals surface area contributed by atoms with Crippen molar-refractivity contribution in [2.45, 2.75) is 20.0 Å². The fraction of sp³-hybridized carbons (Fsp3) is 0.273. The summed E-state index contributed by atoms with van der Waals surface area (Å²) >= 11 is 0. The number of halogens is 3. The maximum absolute atomic E-state index is 12.6. The van der Waals surface area contributed by atoms with E-state index >= 15 is 0 Å². The predicted octanol–water partition coefficient (Wildman–Crippen LogP) is 1.58. The smallest absolute Gasteiger partial charge is 0.416 e. The fourth-order valence-corrected chi connectivity index (χ4v) is 1.42. The molecule has 3 nitrogen and oxygen atoms in total. The molecule has 0 saturated heterocycles. The highest BCUT2D eigenvalue weighted by atomic mass is 19.4. The topological polar surface area (TPSA) is 57.2 Å². The number of hydrogen-bond acceptors (Lipinski definition) is 3. The standard InChI is InChI=1S/C11H9F3O3/c1-5-8(10(16)17)3-7(6(2)15)4-9(5)11(12,13)14/h3-4H,1-2H3,(H,16,17)/p-1. The molecular formula is C11H8F3O3-. The largest absolute Gasteiger partial charge is 0.545 e. The van der Waals surface area contributed by atoms with Crippen molar-refractivity contribution in [2.75, 3.05) is 0 Å². The van der Waals surface area contributed by atoms with Crippen LogP contribution in [0.5, 0.6) is 0 Å². The van der Waals surface area contributed by atoms with Crippen LogP contribution in [-0.2, 0) is 6.18 Å². The Bertz CT molecular complexity index is 489. The van der Waals surface area contributed by atoms with Crippen LogP contribution in [0.2, 0.25) is 0 Å². The molecule has 0 unspecified atom stereocenters. The normalized spacial score (nSPS) is 11.4. The molecule has 0 saturated carbocycles. The van der Waals surface area contributed by atoms with Crippen LogP contribution in [0.25, 0.3) is 0 Å². The molecule has 0 radical (unpaired) electrons. The summed E-state index contributed by atoms with van der Waals surface area (Å²) in [6, 6.07) is 1.53. The van der Waals surface area contributed by atoms with Gasteiger partial charge in [-0.05, 0) is 31.5 Å². The molecule has 0 bridgehead atoms. The van der Waals surface area contributed by atoms with E-state index < -0.39 is 34.6 Å². The molecule has 6 heteroatoms. The quantitative estimate of drug-likeness (QED) is 0.743. The number of Topliss-reactive ketones (excluding diaryl/α,β-unsaturated/α-hetero) is 1. The zero-order chi connectivity index (χ0) is 13.4. The fourth-order valence-electron chi connectivity index (χ4n) is 1.42. The molecule has 0 amide bonds. The molecule has 92 valence electrons. The molecule has 0 fully saturated rings. The average molecular weight is 245 g/mol. The lowest BCUT2D eigenvalue weighted by Crippen LogP contribution is -2.25. The van der Waals surface area contributed by atoms with Gasteiger partial charge in [0.1, 0.15) is 0 Å². The number of alkyl halides is 3. The molecule has 0 aliphatic rings. The van der Waals surface area contributed by atoms with E-state index in [1.807, 2.05) is 0 Å². The Balaban J connectivity index is 3.60. The minimum atomic E-state index is -4.71. The number of carboxylic acids is 1. The van der Waals surface area contributed by atoms with Crippen LogP contribution >= 0.6 is 0 Å². The summed E-state index contributed by atoms with van der Waals surface area (Å²) < 4.78 is 37.8. The van der Waals surface area contributed by atoms with E-state index in [4.69, 9.17) is 0 Å². The average Bonchev–Trinajstić information content (AvgIpc) is 2.15. The van der Waals surface area contributed by atoms with E-state index in [1.165, 1.54) is 0 Å². The predicted molar refractivity (Wildman–Crippen MR) is 50.5 cm³/mol. The maximum Gasteiger partial charge on any atom is 0.416 e. The molecule has 0 atom stereocenters. The Morgan fingerprint density at radius 1 is 1.24 bits per heavy atom. The third-order valence-electron chi connectivity index (χ3n) is 2.34. The molecule has 0 N–H and O–H groups in total. The van der Waals surface area contributed by atoms with Gasteiger partial charge in [0.05, 0.1) is 11.5 Å². The Morgan fingerprint density at radius 2 is 1.76 bits per heavy atom. The molecular weight excluding hydrogens is 237 g/mol. The number of rotatable bonds is 2. The van der Waals surface area contributed by atoms with E-state index in [0.29, 0.717) is 6.07 Å². The number of carboxylic acid groups (broad SMARTS) is 1. The minimum Gasteiger partial charge on any atom is -0.545 e. The van der Waals surface area contributed by atoms with Crippen LogP contribution in [0.15, 0.2) is 12.1 Å². The molecule has 1 aromatic carbocycles. The Hall–Kier alpha value is -1.85. The van der Waals surface area contributed by atoms with Gasteiger partial charge in [0.25, 0.3) is 0 Å². The van der Waals surface area contributed by atoms with Crippen LogP contribution in [0.1, 0.15) is 38.8 Å². The second-order valence-electron chi connectivity index (χ2n) is 3.54. The number of ketones is 1. The van der Waals surface area contributed by atoms with Gasteiger partial charge in [0.15, 0.2) is 5.78 Å². The summed E-state index contributed by atoms with van der Waals surface area (Å²) in [7, 11) is 0. The lowest BCUT2D eigenvalue weighted by atomic mass is 9.97. The van der Waals surface area contributed by atoms with E-state index in [-0.39, 0.29) is 5.56 Å². The Morgan fingerprint density at radius 3 is 2.12 bits per heavy atom. The van der Waals surface area contributed by atoms with Gasteiger partial charge < -0.3 is 9.90 Å². The molecule has 0 aliphatic carbocycles. The monoisotopic (exact) mass is 245 g/mol. The van der Waals surface area contributed by atoms with Gasteiger partial charge in [-0.15, -0.1) is 0 Å². The van der Waals surface area contributed by atoms with Crippen molar-refractivity contribution in [3.63, 3.8) is 0 Å². The molecule has 1 aromatic rings. The number of hydrogen-bond donors (Lipinski definition) is 0. The highest BCUT2D eigenvalue weighted by molar-refractivity contribution is 5.98. The molecule has 17 heavy (non-hydrogen) atoms. The SMILES string of the molecule is CC(=O)c1cc(C(=O)[O-])c(C)c(C(F)(F)F)c1. The summed E-state index contributed by atoms with van der Waals surface area (Å²) in [6.07, 6.45) is -4.71.